The fraction of sp³-hybridized carbons (Fsp3) is 0.200. The summed E-state index contributed by atoms with van der Waals surface area (Å²) >= 11 is 1.50. The molecule has 5 nitrogen and oxygen atoms in total. The van der Waals surface area contributed by atoms with Crippen LogP contribution in [0.25, 0.3) is 11.4 Å². The van der Waals surface area contributed by atoms with Gasteiger partial charge in [0.15, 0.2) is 11.0 Å². The molecule has 6 heteroatoms. The summed E-state index contributed by atoms with van der Waals surface area (Å²) in [6.07, 6.45) is 2.64. The minimum Gasteiger partial charge on any atom is -0.309 e. The van der Waals surface area contributed by atoms with Crippen molar-refractivity contribution in [2.45, 2.75) is 23.5 Å². The van der Waals surface area contributed by atoms with Crippen LogP contribution in [0.3, 0.4) is 0 Å². The molecule has 0 atom stereocenters. The molecule has 0 aliphatic carbocycles. The van der Waals surface area contributed by atoms with Crippen molar-refractivity contribution in [1.29, 1.82) is 0 Å². The van der Waals surface area contributed by atoms with Crippen molar-refractivity contribution in [3.8, 4) is 11.4 Å². The summed E-state index contributed by atoms with van der Waals surface area (Å²) in [5.41, 5.74) is 1.01. The lowest BCUT2D eigenvalue weighted by atomic mass is 10.2. The lowest BCUT2D eigenvalue weighted by Crippen LogP contribution is -1.97. The van der Waals surface area contributed by atoms with Crippen molar-refractivity contribution >= 4 is 11.8 Å². The van der Waals surface area contributed by atoms with Crippen LogP contribution in [0.1, 0.15) is 12.7 Å². The Hall–Kier alpha value is -2.21. The molecule has 0 spiro atoms. The minimum atomic E-state index is 0.721. The van der Waals surface area contributed by atoms with E-state index in [0.29, 0.717) is 0 Å². The second-order valence-electron chi connectivity index (χ2n) is 4.50. The summed E-state index contributed by atoms with van der Waals surface area (Å²) in [5.74, 6) is 1.69. The molecule has 1 aromatic carbocycles. The van der Waals surface area contributed by atoms with E-state index < -0.39 is 0 Å². The normalized spacial score (nSPS) is 10.8. The van der Waals surface area contributed by atoms with Gasteiger partial charge in [0.05, 0.1) is 0 Å². The summed E-state index contributed by atoms with van der Waals surface area (Å²) in [5, 5.41) is 10.1. The van der Waals surface area contributed by atoms with Crippen LogP contribution < -0.4 is 0 Å². The third kappa shape index (κ3) is 2.95. The molecule has 0 radical (unpaired) electrons. The Balaban J connectivity index is 1.88. The van der Waals surface area contributed by atoms with E-state index in [1.807, 2.05) is 48.0 Å². The number of rotatable bonds is 4. The van der Waals surface area contributed by atoms with Gasteiger partial charge in [0.1, 0.15) is 10.9 Å². The maximum atomic E-state index is 4.59. The van der Waals surface area contributed by atoms with Crippen molar-refractivity contribution in [3.05, 3.63) is 48.4 Å². The Morgan fingerprint density at radius 2 is 1.90 bits per heavy atom. The molecule has 3 rings (SSSR count). The third-order valence-corrected chi connectivity index (χ3v) is 4.07. The van der Waals surface area contributed by atoms with E-state index in [0.717, 1.165) is 33.8 Å². The van der Waals surface area contributed by atoms with E-state index >= 15 is 0 Å². The van der Waals surface area contributed by atoms with Crippen molar-refractivity contribution in [1.82, 2.24) is 24.7 Å². The van der Waals surface area contributed by atoms with E-state index in [4.69, 9.17) is 0 Å². The van der Waals surface area contributed by atoms with E-state index in [9.17, 15) is 0 Å². The Labute approximate surface area is 127 Å². The van der Waals surface area contributed by atoms with Gasteiger partial charge in [-0.3, -0.25) is 0 Å². The molecule has 0 fully saturated rings. The van der Waals surface area contributed by atoms with Crippen LogP contribution in [0.15, 0.2) is 52.8 Å². The van der Waals surface area contributed by atoms with Gasteiger partial charge in [-0.05, 0) is 17.8 Å². The second kappa shape index (κ2) is 6.05. The zero-order valence-corrected chi connectivity index (χ0v) is 12.7. The molecule has 0 bridgehead atoms. The SMILES string of the molecule is CCc1nnc(Sc2ccnc(-c3ccccc3)n2)n1C. The van der Waals surface area contributed by atoms with Gasteiger partial charge >= 0.3 is 0 Å². The summed E-state index contributed by atoms with van der Waals surface area (Å²) in [7, 11) is 1.97. The largest absolute Gasteiger partial charge is 0.309 e. The van der Waals surface area contributed by atoms with Gasteiger partial charge in [-0.2, -0.15) is 0 Å². The standard InChI is InChI=1S/C15H15N5S/c1-3-12-18-19-15(20(12)2)21-13-9-10-16-14(17-13)11-7-5-4-6-8-11/h4-10H,3H2,1-2H3. The molecule has 0 saturated heterocycles. The number of benzene rings is 1. The first-order chi connectivity index (χ1) is 10.3. The quantitative estimate of drug-likeness (QED) is 0.693. The molecule has 0 saturated carbocycles. The molecule has 2 aromatic heterocycles. The minimum absolute atomic E-state index is 0.721. The molecule has 2 heterocycles. The van der Waals surface area contributed by atoms with Crippen molar-refractivity contribution in [2.75, 3.05) is 0 Å². The molecule has 0 amide bonds. The van der Waals surface area contributed by atoms with Gasteiger partial charge in [-0.15, -0.1) is 10.2 Å². The Morgan fingerprint density at radius 1 is 1.10 bits per heavy atom. The molecule has 21 heavy (non-hydrogen) atoms. The van der Waals surface area contributed by atoms with Gasteiger partial charge in [-0.1, -0.05) is 37.3 Å². The summed E-state index contributed by atoms with van der Waals surface area (Å²) in [4.78, 5) is 8.91. The Kier molecular flexibility index (Phi) is 3.96. The zero-order valence-electron chi connectivity index (χ0n) is 11.9. The number of aryl methyl sites for hydroxylation is 1. The van der Waals surface area contributed by atoms with Crippen molar-refractivity contribution in [3.63, 3.8) is 0 Å². The first-order valence-corrected chi connectivity index (χ1v) is 7.54. The van der Waals surface area contributed by atoms with E-state index in [2.05, 4.69) is 27.1 Å². The van der Waals surface area contributed by atoms with Crippen LogP contribution >= 0.6 is 11.8 Å². The highest BCUT2D eigenvalue weighted by Crippen LogP contribution is 2.25. The van der Waals surface area contributed by atoms with Crippen LogP contribution in [-0.4, -0.2) is 24.7 Å². The predicted octanol–water partition coefficient (Wildman–Crippen LogP) is 2.99. The molecule has 0 aliphatic heterocycles. The Bertz CT molecular complexity index is 739. The zero-order chi connectivity index (χ0) is 14.7. The lowest BCUT2D eigenvalue weighted by molar-refractivity contribution is 0.741. The molecule has 3 aromatic rings. The maximum absolute atomic E-state index is 4.59. The average molecular weight is 297 g/mol. The highest BCUT2D eigenvalue weighted by molar-refractivity contribution is 7.99. The number of aromatic nitrogens is 5. The topological polar surface area (TPSA) is 56.5 Å². The van der Waals surface area contributed by atoms with Gasteiger partial charge in [0.2, 0.25) is 0 Å². The fourth-order valence-corrected chi connectivity index (χ4v) is 2.73. The maximum Gasteiger partial charge on any atom is 0.197 e. The lowest BCUT2D eigenvalue weighted by Gasteiger charge is -2.04. The summed E-state index contributed by atoms with van der Waals surface area (Å²) < 4.78 is 2.00. The fourth-order valence-electron chi connectivity index (χ4n) is 1.96. The second-order valence-corrected chi connectivity index (χ2v) is 5.49. The van der Waals surface area contributed by atoms with Gasteiger partial charge in [0, 0.05) is 25.2 Å². The van der Waals surface area contributed by atoms with Gasteiger partial charge in [-0.25, -0.2) is 9.97 Å². The van der Waals surface area contributed by atoms with Crippen LogP contribution in [0, 0.1) is 0 Å². The van der Waals surface area contributed by atoms with Crippen LogP contribution in [0.2, 0.25) is 0 Å². The highest BCUT2D eigenvalue weighted by Gasteiger charge is 2.10. The average Bonchev–Trinajstić information content (AvgIpc) is 2.89. The van der Waals surface area contributed by atoms with Gasteiger partial charge in [0.25, 0.3) is 0 Å². The third-order valence-electron chi connectivity index (χ3n) is 3.10. The molecule has 0 aliphatic rings. The number of hydrogen-bond acceptors (Lipinski definition) is 5. The van der Waals surface area contributed by atoms with Crippen LogP contribution in [-0.2, 0) is 13.5 Å². The van der Waals surface area contributed by atoms with E-state index in [1.165, 1.54) is 11.8 Å². The molecule has 106 valence electrons. The predicted molar refractivity (Wildman–Crippen MR) is 82.0 cm³/mol. The molecular weight excluding hydrogens is 282 g/mol. The smallest absolute Gasteiger partial charge is 0.197 e. The van der Waals surface area contributed by atoms with Gasteiger partial charge < -0.3 is 4.57 Å². The summed E-state index contributed by atoms with van der Waals surface area (Å²) in [6, 6.07) is 11.8. The van der Waals surface area contributed by atoms with Crippen LogP contribution in [0.4, 0.5) is 0 Å². The first-order valence-electron chi connectivity index (χ1n) is 6.72. The van der Waals surface area contributed by atoms with Crippen molar-refractivity contribution < 1.29 is 0 Å². The monoisotopic (exact) mass is 297 g/mol. The number of hydrogen-bond donors (Lipinski definition) is 0. The molecule has 0 unspecified atom stereocenters. The van der Waals surface area contributed by atoms with Crippen LogP contribution in [0.5, 0.6) is 0 Å². The summed E-state index contributed by atoms with van der Waals surface area (Å²) in [6.45, 7) is 2.07. The molecular formula is C15H15N5S. The first kappa shape index (κ1) is 13.8. The number of nitrogens with zero attached hydrogens (tertiary/aromatic N) is 5. The highest BCUT2D eigenvalue weighted by atomic mass is 32.2. The Morgan fingerprint density at radius 3 is 2.62 bits per heavy atom. The van der Waals surface area contributed by atoms with E-state index in [-0.39, 0.29) is 0 Å². The van der Waals surface area contributed by atoms with E-state index in [1.54, 1.807) is 6.20 Å². The van der Waals surface area contributed by atoms with Crippen molar-refractivity contribution in [2.24, 2.45) is 7.05 Å². The molecule has 0 N–H and O–H groups in total.